The van der Waals surface area contributed by atoms with Crippen molar-refractivity contribution >= 4 is 5.91 Å². The first kappa shape index (κ1) is 17.7. The number of pyridine rings is 1. The summed E-state index contributed by atoms with van der Waals surface area (Å²) in [5.74, 6) is 1.26. The van der Waals surface area contributed by atoms with Crippen molar-refractivity contribution in [3.05, 3.63) is 71.7 Å². The van der Waals surface area contributed by atoms with Crippen molar-refractivity contribution in [1.82, 2.24) is 20.1 Å². The first-order valence-corrected chi connectivity index (χ1v) is 8.51. The van der Waals surface area contributed by atoms with Crippen LogP contribution in [0.3, 0.4) is 0 Å². The molecule has 0 aliphatic heterocycles. The molecule has 26 heavy (non-hydrogen) atoms. The molecule has 0 fully saturated rings. The number of carbonyl (C=O) groups is 1. The van der Waals surface area contributed by atoms with Gasteiger partial charge in [0.2, 0.25) is 0 Å². The highest BCUT2D eigenvalue weighted by molar-refractivity contribution is 5.80. The van der Waals surface area contributed by atoms with Gasteiger partial charge in [0.1, 0.15) is 5.75 Å². The Morgan fingerprint density at radius 2 is 1.96 bits per heavy atom. The van der Waals surface area contributed by atoms with Crippen LogP contribution in [0.1, 0.15) is 23.9 Å². The lowest BCUT2D eigenvalue weighted by atomic mass is 10.2. The minimum Gasteiger partial charge on any atom is -0.481 e. The van der Waals surface area contributed by atoms with Crippen molar-refractivity contribution in [2.24, 2.45) is 0 Å². The highest BCUT2D eigenvalue weighted by Gasteiger charge is 2.14. The summed E-state index contributed by atoms with van der Waals surface area (Å²) in [4.78, 5) is 16.6. The summed E-state index contributed by atoms with van der Waals surface area (Å²) in [5.41, 5.74) is 2.89. The van der Waals surface area contributed by atoms with E-state index in [4.69, 9.17) is 4.74 Å². The van der Waals surface area contributed by atoms with Crippen LogP contribution in [0, 0.1) is 13.8 Å². The highest BCUT2D eigenvalue weighted by Crippen LogP contribution is 2.12. The van der Waals surface area contributed by atoms with E-state index in [0.717, 1.165) is 22.8 Å². The SMILES string of the molecule is Cc1cc(C)n(-c2ccc(CNC(=O)C(C)Oc3ccccc3)cn2)n1. The molecule has 0 spiro atoms. The second kappa shape index (κ2) is 7.82. The van der Waals surface area contributed by atoms with E-state index in [0.29, 0.717) is 12.3 Å². The molecule has 0 saturated carbocycles. The van der Waals surface area contributed by atoms with E-state index >= 15 is 0 Å². The third kappa shape index (κ3) is 4.27. The molecule has 0 saturated heterocycles. The maximum atomic E-state index is 12.2. The molecule has 1 atom stereocenters. The summed E-state index contributed by atoms with van der Waals surface area (Å²) in [6.07, 6.45) is 1.17. The molecule has 1 amide bonds. The van der Waals surface area contributed by atoms with Crippen LogP contribution in [-0.2, 0) is 11.3 Å². The van der Waals surface area contributed by atoms with Crippen molar-refractivity contribution in [1.29, 1.82) is 0 Å². The maximum Gasteiger partial charge on any atom is 0.261 e. The number of hydrogen-bond acceptors (Lipinski definition) is 4. The molecule has 2 aromatic heterocycles. The molecule has 0 aliphatic carbocycles. The van der Waals surface area contributed by atoms with E-state index in [9.17, 15) is 4.79 Å². The Morgan fingerprint density at radius 1 is 1.19 bits per heavy atom. The predicted octanol–water partition coefficient (Wildman–Crippen LogP) is 2.97. The first-order chi connectivity index (χ1) is 12.5. The number of hydrogen-bond donors (Lipinski definition) is 1. The van der Waals surface area contributed by atoms with Crippen molar-refractivity contribution in [2.75, 3.05) is 0 Å². The molecular formula is C20H22N4O2. The van der Waals surface area contributed by atoms with Crippen molar-refractivity contribution in [2.45, 2.75) is 33.4 Å². The molecule has 0 aliphatic rings. The Balaban J connectivity index is 1.56. The van der Waals surface area contributed by atoms with Crippen LogP contribution in [0.5, 0.6) is 5.75 Å². The molecule has 1 aromatic carbocycles. The normalized spacial score (nSPS) is 11.8. The van der Waals surface area contributed by atoms with Gasteiger partial charge >= 0.3 is 0 Å². The van der Waals surface area contributed by atoms with Gasteiger partial charge in [0.15, 0.2) is 11.9 Å². The molecule has 3 aromatic rings. The monoisotopic (exact) mass is 350 g/mol. The number of nitrogens with zero attached hydrogens (tertiary/aromatic N) is 3. The maximum absolute atomic E-state index is 12.2. The fourth-order valence-electron chi connectivity index (χ4n) is 2.60. The van der Waals surface area contributed by atoms with Gasteiger partial charge in [-0.05, 0) is 50.6 Å². The van der Waals surface area contributed by atoms with Gasteiger partial charge in [-0.15, -0.1) is 0 Å². The van der Waals surface area contributed by atoms with Crippen LogP contribution in [0.25, 0.3) is 5.82 Å². The number of aryl methyl sites for hydroxylation is 2. The summed E-state index contributed by atoms with van der Waals surface area (Å²) in [5, 5.41) is 7.28. The minimum absolute atomic E-state index is 0.170. The zero-order valence-corrected chi connectivity index (χ0v) is 15.1. The van der Waals surface area contributed by atoms with E-state index < -0.39 is 6.10 Å². The zero-order chi connectivity index (χ0) is 18.5. The molecular weight excluding hydrogens is 328 g/mol. The van der Waals surface area contributed by atoms with Crippen LogP contribution < -0.4 is 10.1 Å². The van der Waals surface area contributed by atoms with Crippen LogP contribution >= 0.6 is 0 Å². The van der Waals surface area contributed by atoms with Gasteiger partial charge in [-0.3, -0.25) is 4.79 Å². The van der Waals surface area contributed by atoms with E-state index in [1.54, 1.807) is 17.8 Å². The average molecular weight is 350 g/mol. The largest absolute Gasteiger partial charge is 0.481 e. The number of amides is 1. The Bertz CT molecular complexity index is 873. The van der Waals surface area contributed by atoms with E-state index in [2.05, 4.69) is 15.4 Å². The first-order valence-electron chi connectivity index (χ1n) is 8.51. The molecule has 6 heteroatoms. The van der Waals surface area contributed by atoms with Gasteiger partial charge in [0.05, 0.1) is 5.69 Å². The fraction of sp³-hybridized carbons (Fsp3) is 0.250. The van der Waals surface area contributed by atoms with Crippen LogP contribution in [0.2, 0.25) is 0 Å². The third-order valence-electron chi connectivity index (χ3n) is 3.93. The molecule has 2 heterocycles. The zero-order valence-electron chi connectivity index (χ0n) is 15.1. The van der Waals surface area contributed by atoms with Crippen molar-refractivity contribution in [3.8, 4) is 11.6 Å². The van der Waals surface area contributed by atoms with Gasteiger partial charge < -0.3 is 10.1 Å². The van der Waals surface area contributed by atoms with Gasteiger partial charge in [-0.25, -0.2) is 9.67 Å². The molecule has 1 unspecified atom stereocenters. The fourth-order valence-corrected chi connectivity index (χ4v) is 2.60. The summed E-state index contributed by atoms with van der Waals surface area (Å²) < 4.78 is 7.42. The number of rotatable bonds is 6. The third-order valence-corrected chi connectivity index (χ3v) is 3.93. The Labute approximate surface area is 152 Å². The van der Waals surface area contributed by atoms with E-state index in [1.807, 2.05) is 62.4 Å². The Hall–Kier alpha value is -3.15. The summed E-state index contributed by atoms with van der Waals surface area (Å²) in [6.45, 7) is 6.06. The molecule has 6 nitrogen and oxygen atoms in total. The van der Waals surface area contributed by atoms with Crippen molar-refractivity contribution < 1.29 is 9.53 Å². The standard InChI is InChI=1S/C20H22N4O2/c1-14-11-15(2)24(23-14)19-10-9-17(12-21-19)13-22-20(25)16(3)26-18-7-5-4-6-8-18/h4-12,16H,13H2,1-3H3,(H,22,25). The van der Waals surface area contributed by atoms with Gasteiger partial charge in [0.25, 0.3) is 5.91 Å². The van der Waals surface area contributed by atoms with Crippen LogP contribution in [0.15, 0.2) is 54.7 Å². The number of nitrogens with one attached hydrogen (secondary N) is 1. The summed E-state index contributed by atoms with van der Waals surface area (Å²) in [7, 11) is 0. The van der Waals surface area contributed by atoms with Gasteiger partial charge in [0, 0.05) is 18.4 Å². The molecule has 0 radical (unpaired) electrons. The number of ether oxygens (including phenoxy) is 1. The number of benzene rings is 1. The lowest BCUT2D eigenvalue weighted by molar-refractivity contribution is -0.127. The smallest absolute Gasteiger partial charge is 0.261 e. The van der Waals surface area contributed by atoms with E-state index in [-0.39, 0.29) is 5.91 Å². The van der Waals surface area contributed by atoms with Crippen LogP contribution in [-0.4, -0.2) is 26.8 Å². The van der Waals surface area contributed by atoms with Crippen molar-refractivity contribution in [3.63, 3.8) is 0 Å². The number of carbonyl (C=O) groups excluding carboxylic acids is 1. The second-order valence-electron chi connectivity index (χ2n) is 6.15. The predicted molar refractivity (Wildman–Crippen MR) is 99.2 cm³/mol. The van der Waals surface area contributed by atoms with E-state index in [1.165, 1.54) is 0 Å². The molecule has 134 valence electrons. The summed E-state index contributed by atoms with van der Waals surface area (Å²) in [6, 6.07) is 15.1. The lowest BCUT2D eigenvalue weighted by Crippen LogP contribution is -2.35. The molecule has 0 bridgehead atoms. The number of para-hydroxylation sites is 1. The Morgan fingerprint density at radius 3 is 2.58 bits per heavy atom. The van der Waals surface area contributed by atoms with Gasteiger partial charge in [-0.2, -0.15) is 5.10 Å². The topological polar surface area (TPSA) is 69.0 Å². The lowest BCUT2D eigenvalue weighted by Gasteiger charge is -2.14. The highest BCUT2D eigenvalue weighted by atomic mass is 16.5. The molecule has 1 N–H and O–H groups in total. The average Bonchev–Trinajstić information content (AvgIpc) is 2.99. The second-order valence-corrected chi connectivity index (χ2v) is 6.15. The minimum atomic E-state index is -0.570. The Kier molecular flexibility index (Phi) is 5.31. The quantitative estimate of drug-likeness (QED) is 0.742. The summed E-state index contributed by atoms with van der Waals surface area (Å²) >= 11 is 0. The number of aromatic nitrogens is 3. The van der Waals surface area contributed by atoms with Crippen LogP contribution in [0.4, 0.5) is 0 Å². The molecule has 3 rings (SSSR count). The van der Waals surface area contributed by atoms with Gasteiger partial charge in [-0.1, -0.05) is 24.3 Å².